The van der Waals surface area contributed by atoms with Crippen LogP contribution in [-0.2, 0) is 26.2 Å². The van der Waals surface area contributed by atoms with Crippen LogP contribution in [-0.4, -0.2) is 43.3 Å². The maximum absolute atomic E-state index is 13.9. The van der Waals surface area contributed by atoms with E-state index in [0.29, 0.717) is 10.6 Å². The molecule has 3 aromatic rings. The van der Waals surface area contributed by atoms with E-state index < -0.39 is 40.0 Å². The van der Waals surface area contributed by atoms with Crippen LogP contribution in [0.3, 0.4) is 0 Å². The first kappa shape index (κ1) is 30.8. The molecule has 0 aliphatic heterocycles. The fourth-order valence-corrected chi connectivity index (χ4v) is 5.85. The Balaban J connectivity index is 2.08. The van der Waals surface area contributed by atoms with Crippen molar-refractivity contribution >= 4 is 62.3 Å². The zero-order valence-corrected chi connectivity index (χ0v) is 25.1. The molecular formula is C28H30Cl3N3O4S. The van der Waals surface area contributed by atoms with E-state index >= 15 is 0 Å². The Kier molecular flexibility index (Phi) is 9.93. The SMILES string of the molecule is C[C@H](C(=O)NC(C)(C)C)N(Cc1ccccc1Cl)C(=O)CN(c1cc(Cl)ccc1Cl)S(=O)(=O)c1ccccc1. The lowest BCUT2D eigenvalue weighted by atomic mass is 10.1. The number of hydrogen-bond acceptors (Lipinski definition) is 4. The predicted molar refractivity (Wildman–Crippen MR) is 157 cm³/mol. The first-order valence-electron chi connectivity index (χ1n) is 12.1. The molecule has 0 bridgehead atoms. The third kappa shape index (κ3) is 7.88. The number of nitrogens with one attached hydrogen (secondary N) is 1. The van der Waals surface area contributed by atoms with E-state index in [1.54, 1.807) is 49.4 Å². The van der Waals surface area contributed by atoms with Gasteiger partial charge in [-0.05, 0) is 69.7 Å². The molecule has 2 amide bonds. The summed E-state index contributed by atoms with van der Waals surface area (Å²) in [5, 5.41) is 3.61. The van der Waals surface area contributed by atoms with Crippen LogP contribution in [0.25, 0.3) is 0 Å². The molecule has 0 radical (unpaired) electrons. The molecule has 208 valence electrons. The molecule has 0 saturated carbocycles. The van der Waals surface area contributed by atoms with Crippen LogP contribution in [0.1, 0.15) is 33.3 Å². The van der Waals surface area contributed by atoms with Gasteiger partial charge in [0.2, 0.25) is 11.8 Å². The zero-order chi connectivity index (χ0) is 29.0. The van der Waals surface area contributed by atoms with E-state index in [1.807, 2.05) is 20.8 Å². The van der Waals surface area contributed by atoms with Crippen LogP contribution in [0, 0.1) is 0 Å². The minimum Gasteiger partial charge on any atom is -0.350 e. The van der Waals surface area contributed by atoms with Crippen molar-refractivity contribution in [3.05, 3.63) is 93.4 Å². The molecule has 0 fully saturated rings. The van der Waals surface area contributed by atoms with Gasteiger partial charge in [0.15, 0.2) is 0 Å². The predicted octanol–water partition coefficient (Wildman–Crippen LogP) is 6.17. The van der Waals surface area contributed by atoms with Gasteiger partial charge in [-0.25, -0.2) is 8.42 Å². The molecule has 39 heavy (non-hydrogen) atoms. The van der Waals surface area contributed by atoms with Gasteiger partial charge in [0, 0.05) is 22.1 Å². The monoisotopic (exact) mass is 609 g/mol. The molecule has 0 aliphatic rings. The highest BCUT2D eigenvalue weighted by atomic mass is 35.5. The third-order valence-corrected chi connectivity index (χ3v) is 8.45. The molecule has 0 spiro atoms. The highest BCUT2D eigenvalue weighted by molar-refractivity contribution is 7.92. The Morgan fingerprint density at radius 1 is 0.897 bits per heavy atom. The van der Waals surface area contributed by atoms with Crippen molar-refractivity contribution in [3.63, 3.8) is 0 Å². The Morgan fingerprint density at radius 3 is 2.13 bits per heavy atom. The zero-order valence-electron chi connectivity index (χ0n) is 22.0. The fourth-order valence-electron chi connectivity index (χ4n) is 3.78. The smallest absolute Gasteiger partial charge is 0.264 e. The Labute approximate surface area is 244 Å². The van der Waals surface area contributed by atoms with Crippen molar-refractivity contribution in [3.8, 4) is 0 Å². The molecular weight excluding hydrogens is 581 g/mol. The number of benzene rings is 3. The van der Waals surface area contributed by atoms with Crippen LogP contribution < -0.4 is 9.62 Å². The Bertz CT molecular complexity index is 1440. The standard InChI is InChI=1S/C28H30Cl3N3O4S/c1-19(27(36)32-28(2,3)4)33(17-20-10-8-9-13-23(20)30)26(35)18-34(25-16-21(29)14-15-24(25)31)39(37,38)22-11-6-5-7-12-22/h5-16,19H,17-18H2,1-4H3,(H,32,36)/t19-/m1/s1. The van der Waals surface area contributed by atoms with E-state index in [1.165, 1.54) is 35.2 Å². The summed E-state index contributed by atoms with van der Waals surface area (Å²) in [6.45, 7) is 6.39. The van der Waals surface area contributed by atoms with Gasteiger partial charge in [0.05, 0.1) is 15.6 Å². The summed E-state index contributed by atoms with van der Waals surface area (Å²) in [6.07, 6.45) is 0. The van der Waals surface area contributed by atoms with Crippen LogP contribution in [0.2, 0.25) is 15.1 Å². The number of nitrogens with zero attached hydrogens (tertiary/aromatic N) is 2. The van der Waals surface area contributed by atoms with Gasteiger partial charge < -0.3 is 10.2 Å². The number of amides is 2. The first-order chi connectivity index (χ1) is 18.2. The Hall–Kier alpha value is -2.78. The fraction of sp³-hybridized carbons (Fsp3) is 0.286. The lowest BCUT2D eigenvalue weighted by molar-refractivity contribution is -0.140. The summed E-state index contributed by atoms with van der Waals surface area (Å²) >= 11 is 19.0. The summed E-state index contributed by atoms with van der Waals surface area (Å²) in [4.78, 5) is 28.4. The van der Waals surface area contributed by atoms with Gasteiger partial charge in [-0.15, -0.1) is 0 Å². The number of halogens is 3. The number of anilines is 1. The number of rotatable bonds is 9. The van der Waals surface area contributed by atoms with Crippen LogP contribution in [0.5, 0.6) is 0 Å². The molecule has 0 unspecified atom stereocenters. The van der Waals surface area contributed by atoms with E-state index in [9.17, 15) is 18.0 Å². The highest BCUT2D eigenvalue weighted by Crippen LogP contribution is 2.33. The quantitative estimate of drug-likeness (QED) is 0.314. The minimum atomic E-state index is -4.26. The van der Waals surface area contributed by atoms with Crippen molar-refractivity contribution in [2.45, 2.75) is 50.7 Å². The average molecular weight is 611 g/mol. The lowest BCUT2D eigenvalue weighted by Crippen LogP contribution is -2.54. The summed E-state index contributed by atoms with van der Waals surface area (Å²) in [6, 6.07) is 18.0. The molecule has 1 atom stereocenters. The largest absolute Gasteiger partial charge is 0.350 e. The van der Waals surface area contributed by atoms with Crippen LogP contribution in [0.15, 0.2) is 77.7 Å². The Morgan fingerprint density at radius 2 is 1.51 bits per heavy atom. The molecule has 3 aromatic carbocycles. The second-order valence-electron chi connectivity index (χ2n) is 9.95. The van der Waals surface area contributed by atoms with Crippen molar-refractivity contribution in [1.82, 2.24) is 10.2 Å². The minimum absolute atomic E-state index is 0.0280. The van der Waals surface area contributed by atoms with Crippen LogP contribution in [0.4, 0.5) is 5.69 Å². The van der Waals surface area contributed by atoms with Crippen molar-refractivity contribution in [2.75, 3.05) is 10.8 Å². The summed E-state index contributed by atoms with van der Waals surface area (Å²) in [5.41, 5.74) is 0.0774. The van der Waals surface area contributed by atoms with Crippen molar-refractivity contribution < 1.29 is 18.0 Å². The second kappa shape index (κ2) is 12.6. The van der Waals surface area contributed by atoms with E-state index in [4.69, 9.17) is 34.8 Å². The number of sulfonamides is 1. The maximum Gasteiger partial charge on any atom is 0.264 e. The van der Waals surface area contributed by atoms with Crippen molar-refractivity contribution in [1.29, 1.82) is 0 Å². The topological polar surface area (TPSA) is 86.8 Å². The van der Waals surface area contributed by atoms with Gasteiger partial charge in [-0.3, -0.25) is 13.9 Å². The van der Waals surface area contributed by atoms with E-state index in [0.717, 1.165) is 4.31 Å². The van der Waals surface area contributed by atoms with Gasteiger partial charge in [0.25, 0.3) is 10.0 Å². The molecule has 0 saturated heterocycles. The normalized spacial score (nSPS) is 12.5. The average Bonchev–Trinajstić information content (AvgIpc) is 2.87. The molecule has 3 rings (SSSR count). The first-order valence-corrected chi connectivity index (χ1v) is 14.7. The maximum atomic E-state index is 13.9. The lowest BCUT2D eigenvalue weighted by Gasteiger charge is -2.33. The summed E-state index contributed by atoms with van der Waals surface area (Å²) in [7, 11) is -4.26. The van der Waals surface area contributed by atoms with Crippen LogP contribution >= 0.6 is 34.8 Å². The van der Waals surface area contributed by atoms with Gasteiger partial charge in [-0.1, -0.05) is 71.2 Å². The summed E-state index contributed by atoms with van der Waals surface area (Å²) < 4.78 is 28.5. The number of hydrogen-bond donors (Lipinski definition) is 1. The van der Waals surface area contributed by atoms with E-state index in [2.05, 4.69) is 5.32 Å². The summed E-state index contributed by atoms with van der Waals surface area (Å²) in [5.74, 6) is -1.04. The van der Waals surface area contributed by atoms with Gasteiger partial charge >= 0.3 is 0 Å². The number of carbonyl (C=O) groups excluding carboxylic acids is 2. The third-order valence-electron chi connectivity index (χ3n) is 5.75. The van der Waals surface area contributed by atoms with E-state index in [-0.39, 0.29) is 27.2 Å². The van der Waals surface area contributed by atoms with Gasteiger partial charge in [0.1, 0.15) is 12.6 Å². The van der Waals surface area contributed by atoms with Gasteiger partial charge in [-0.2, -0.15) is 0 Å². The number of carbonyl (C=O) groups is 2. The molecule has 11 heteroatoms. The molecule has 1 N–H and O–H groups in total. The molecule has 0 heterocycles. The van der Waals surface area contributed by atoms with Crippen molar-refractivity contribution in [2.24, 2.45) is 0 Å². The highest BCUT2D eigenvalue weighted by Gasteiger charge is 2.34. The molecule has 0 aliphatic carbocycles. The molecule has 0 aromatic heterocycles. The molecule has 7 nitrogen and oxygen atoms in total. The second-order valence-corrected chi connectivity index (χ2v) is 13.1.